The third kappa shape index (κ3) is 3.86. The number of rotatable bonds is 3. The van der Waals surface area contributed by atoms with E-state index in [0.29, 0.717) is 11.6 Å². The van der Waals surface area contributed by atoms with Gasteiger partial charge in [-0.2, -0.15) is 10.1 Å². The van der Waals surface area contributed by atoms with Gasteiger partial charge in [0.25, 0.3) is 0 Å². The summed E-state index contributed by atoms with van der Waals surface area (Å²) in [5.74, 6) is 2.90. The lowest BCUT2D eigenvalue weighted by Crippen LogP contribution is -2.49. The van der Waals surface area contributed by atoms with Gasteiger partial charge in [0, 0.05) is 18.8 Å². The van der Waals surface area contributed by atoms with Crippen molar-refractivity contribution >= 4 is 45.0 Å². The highest BCUT2D eigenvalue weighted by Gasteiger charge is 2.35. The molecular weight excluding hydrogens is 428 g/mol. The molecule has 5 rings (SSSR count). The Bertz CT molecular complexity index is 1180. The molecule has 3 aromatic rings. The van der Waals surface area contributed by atoms with Crippen molar-refractivity contribution in [3.8, 4) is 0 Å². The van der Waals surface area contributed by atoms with E-state index in [0.717, 1.165) is 53.5 Å². The molecule has 5 heterocycles. The van der Waals surface area contributed by atoms with Gasteiger partial charge >= 0.3 is 0 Å². The summed E-state index contributed by atoms with van der Waals surface area (Å²) < 4.78 is 12.3. The van der Waals surface area contributed by atoms with Crippen LogP contribution in [0.2, 0.25) is 0 Å². The largest absolute Gasteiger partial charge is 0.352 e. The van der Waals surface area contributed by atoms with E-state index in [1.165, 1.54) is 6.33 Å². The van der Waals surface area contributed by atoms with Crippen LogP contribution in [0, 0.1) is 6.92 Å². The molecule has 0 radical (unpaired) electrons. The summed E-state index contributed by atoms with van der Waals surface area (Å²) in [7, 11) is 0.224. The number of carbonyl (C=O) groups is 1. The van der Waals surface area contributed by atoms with Crippen LogP contribution in [0.4, 0.5) is 23.1 Å². The molecule has 170 valence electrons. The lowest BCUT2D eigenvalue weighted by atomic mass is 10.1. The zero-order valence-electron chi connectivity index (χ0n) is 18.5. The van der Waals surface area contributed by atoms with E-state index in [1.807, 2.05) is 25.4 Å². The number of nitrogens with zero attached hydrogens (tertiary/aromatic N) is 7. The lowest BCUT2D eigenvalue weighted by Gasteiger charge is -2.39. The van der Waals surface area contributed by atoms with Crippen LogP contribution in [0.3, 0.4) is 0 Å². The Morgan fingerprint density at radius 2 is 2.09 bits per heavy atom. The van der Waals surface area contributed by atoms with Crippen molar-refractivity contribution in [2.75, 3.05) is 46.5 Å². The highest BCUT2D eigenvalue weighted by molar-refractivity contribution is 8.28. The number of likely N-dealkylation sites (N-methyl/N-ethyl adjacent to an activating group) is 1. The maximum absolute atomic E-state index is 12.7. The predicted octanol–water partition coefficient (Wildman–Crippen LogP) is 2.81. The third-order valence-electron chi connectivity index (χ3n) is 6.39. The second-order valence-electron chi connectivity index (χ2n) is 8.76. The van der Waals surface area contributed by atoms with Crippen LogP contribution in [0.1, 0.15) is 24.8 Å². The van der Waals surface area contributed by atoms with Crippen LogP contribution in [0.5, 0.6) is 0 Å². The number of nitrogens with one attached hydrogen (secondary N) is 1. The Hall–Kier alpha value is -2.92. The summed E-state index contributed by atoms with van der Waals surface area (Å²) in [4.78, 5) is 30.0. The minimum Gasteiger partial charge on any atom is -0.352 e. The fraction of sp³-hybridized carbons (Fsp3) is 0.476. The smallest absolute Gasteiger partial charge is 0.246 e. The standard InChI is InChI=1S/C21H28N8O2S/c1-14-9-18-23-13-24-29(18)11-16(14)25-21-22-10-17-20(26-21)28(12-19(30)27(17)2)15-5-4-7-32(3,31)8-6-15/h9-11,13,15,31H,4-8,12H2,1-3H3,(H,22,25,26). The molecular formula is C21H28N8O2S. The third-order valence-corrected chi connectivity index (χ3v) is 8.67. The van der Waals surface area contributed by atoms with Crippen molar-refractivity contribution in [3.63, 3.8) is 0 Å². The van der Waals surface area contributed by atoms with Crippen LogP contribution in [-0.2, 0) is 4.79 Å². The second kappa shape index (κ2) is 7.89. The van der Waals surface area contributed by atoms with Gasteiger partial charge in [0.2, 0.25) is 11.9 Å². The number of hydrogen-bond acceptors (Lipinski definition) is 8. The van der Waals surface area contributed by atoms with E-state index in [1.54, 1.807) is 22.7 Å². The molecule has 2 unspecified atom stereocenters. The highest BCUT2D eigenvalue weighted by atomic mass is 32.3. The van der Waals surface area contributed by atoms with Crippen LogP contribution in [-0.4, -0.2) is 72.4 Å². The molecule has 1 saturated heterocycles. The first-order valence-corrected chi connectivity index (χ1v) is 13.1. The summed E-state index contributed by atoms with van der Waals surface area (Å²) in [5.41, 5.74) is 3.32. The molecule has 1 amide bonds. The number of hydrogen-bond donors (Lipinski definition) is 2. The van der Waals surface area contributed by atoms with E-state index in [9.17, 15) is 9.35 Å². The molecule has 2 aliphatic rings. The average molecular weight is 457 g/mol. The molecule has 10 nitrogen and oxygen atoms in total. The molecule has 11 heteroatoms. The first-order chi connectivity index (χ1) is 15.3. The molecule has 32 heavy (non-hydrogen) atoms. The lowest BCUT2D eigenvalue weighted by molar-refractivity contribution is -0.117. The Morgan fingerprint density at radius 1 is 1.25 bits per heavy atom. The molecule has 1 fully saturated rings. The number of amides is 1. The van der Waals surface area contributed by atoms with Crippen molar-refractivity contribution in [1.29, 1.82) is 0 Å². The number of pyridine rings is 1. The number of anilines is 4. The summed E-state index contributed by atoms with van der Waals surface area (Å²) in [6.07, 6.45) is 9.82. The van der Waals surface area contributed by atoms with Gasteiger partial charge in [-0.15, -0.1) is 10.3 Å². The Morgan fingerprint density at radius 3 is 2.94 bits per heavy atom. The van der Waals surface area contributed by atoms with Gasteiger partial charge in [-0.1, -0.05) is 0 Å². The molecule has 2 N–H and O–H groups in total. The van der Waals surface area contributed by atoms with Crippen molar-refractivity contribution < 1.29 is 9.35 Å². The highest BCUT2D eigenvalue weighted by Crippen LogP contribution is 2.45. The number of aromatic nitrogens is 5. The van der Waals surface area contributed by atoms with Gasteiger partial charge in [0.1, 0.15) is 12.0 Å². The van der Waals surface area contributed by atoms with Gasteiger partial charge in [0.05, 0.1) is 24.6 Å². The number of aryl methyl sites for hydroxylation is 1. The first kappa shape index (κ1) is 21.0. The van der Waals surface area contributed by atoms with Crippen molar-refractivity contribution in [1.82, 2.24) is 24.6 Å². The molecule has 0 spiro atoms. The Labute approximate surface area is 188 Å². The quantitative estimate of drug-likeness (QED) is 0.619. The predicted molar refractivity (Wildman–Crippen MR) is 127 cm³/mol. The maximum atomic E-state index is 12.7. The van der Waals surface area contributed by atoms with Gasteiger partial charge in [-0.25, -0.2) is 14.5 Å². The monoisotopic (exact) mass is 456 g/mol. The fourth-order valence-electron chi connectivity index (χ4n) is 4.42. The molecule has 0 bridgehead atoms. The Kier molecular flexibility index (Phi) is 5.17. The van der Waals surface area contributed by atoms with Crippen LogP contribution in [0.15, 0.2) is 24.8 Å². The van der Waals surface area contributed by atoms with E-state index in [2.05, 4.69) is 25.3 Å². The SMILES string of the molecule is Cc1cc2ncnn2cc1Nc1ncc2c(n1)N(C1CCCS(C)(O)CC1)CC(=O)N2C. The zero-order chi connectivity index (χ0) is 22.5. The second-order valence-corrected chi connectivity index (χ2v) is 12.0. The summed E-state index contributed by atoms with van der Waals surface area (Å²) in [6.45, 7) is 2.28. The van der Waals surface area contributed by atoms with Crippen molar-refractivity contribution in [2.45, 2.75) is 32.2 Å². The van der Waals surface area contributed by atoms with E-state index < -0.39 is 10.3 Å². The first-order valence-electron chi connectivity index (χ1n) is 10.7. The molecule has 2 aliphatic heterocycles. The maximum Gasteiger partial charge on any atom is 0.246 e. The molecule has 0 saturated carbocycles. The van der Waals surface area contributed by atoms with E-state index >= 15 is 0 Å². The summed E-state index contributed by atoms with van der Waals surface area (Å²) >= 11 is 0. The van der Waals surface area contributed by atoms with Gasteiger partial charge in [0.15, 0.2) is 11.5 Å². The van der Waals surface area contributed by atoms with Crippen LogP contribution < -0.4 is 15.1 Å². The van der Waals surface area contributed by atoms with Crippen molar-refractivity contribution in [3.05, 3.63) is 30.4 Å². The van der Waals surface area contributed by atoms with E-state index in [-0.39, 0.29) is 18.5 Å². The Balaban J connectivity index is 1.48. The fourth-order valence-corrected chi connectivity index (χ4v) is 6.20. The summed E-state index contributed by atoms with van der Waals surface area (Å²) in [5, 5.41) is 7.50. The van der Waals surface area contributed by atoms with Gasteiger partial charge < -0.3 is 19.7 Å². The van der Waals surface area contributed by atoms with Crippen LogP contribution >= 0.6 is 10.3 Å². The molecule has 0 aliphatic carbocycles. The van der Waals surface area contributed by atoms with Gasteiger partial charge in [-0.05, 0) is 49.8 Å². The van der Waals surface area contributed by atoms with Crippen LogP contribution in [0.25, 0.3) is 5.65 Å². The summed E-state index contributed by atoms with van der Waals surface area (Å²) in [6, 6.07) is 2.12. The minimum atomic E-state index is -1.54. The minimum absolute atomic E-state index is 0.0256. The number of carbonyl (C=O) groups excluding carboxylic acids is 1. The van der Waals surface area contributed by atoms with Crippen molar-refractivity contribution in [2.24, 2.45) is 0 Å². The van der Waals surface area contributed by atoms with E-state index in [4.69, 9.17) is 4.98 Å². The molecule has 3 aromatic heterocycles. The molecule has 2 atom stereocenters. The average Bonchev–Trinajstić information content (AvgIpc) is 3.12. The normalized spacial score (nSPS) is 25.9. The van der Waals surface area contributed by atoms with Gasteiger partial charge in [-0.3, -0.25) is 4.79 Å². The topological polar surface area (TPSA) is 112 Å². The molecule has 0 aromatic carbocycles. The number of fused-ring (bicyclic) bond motifs is 2. The zero-order valence-corrected chi connectivity index (χ0v) is 19.3.